The van der Waals surface area contributed by atoms with Crippen molar-refractivity contribution >= 4 is 0 Å². The van der Waals surface area contributed by atoms with Crippen LogP contribution in [0.2, 0.25) is 0 Å². The maximum atomic E-state index is 13.2. The van der Waals surface area contributed by atoms with Gasteiger partial charge in [-0.1, -0.05) is 6.07 Å². The summed E-state index contributed by atoms with van der Waals surface area (Å²) in [7, 11) is 0. The topological polar surface area (TPSA) is 35.2 Å². The smallest absolute Gasteiger partial charge is 0.165 e. The largest absolute Gasteiger partial charge is 0.489 e. The highest BCUT2D eigenvalue weighted by Crippen LogP contribution is 2.33. The number of hydrogen-bond donors (Lipinski definition) is 1. The monoisotopic (exact) mass is 195 g/mol. The van der Waals surface area contributed by atoms with Gasteiger partial charge in [-0.3, -0.25) is 0 Å². The maximum Gasteiger partial charge on any atom is 0.165 e. The van der Waals surface area contributed by atoms with Crippen LogP contribution in [0.25, 0.3) is 0 Å². The van der Waals surface area contributed by atoms with Gasteiger partial charge in [0, 0.05) is 0 Å². The summed E-state index contributed by atoms with van der Waals surface area (Å²) in [6.45, 7) is 2.31. The van der Waals surface area contributed by atoms with E-state index >= 15 is 0 Å². The first-order chi connectivity index (χ1) is 6.59. The fourth-order valence-corrected chi connectivity index (χ4v) is 1.25. The first kappa shape index (κ1) is 9.46. The van der Waals surface area contributed by atoms with Gasteiger partial charge in [-0.25, -0.2) is 4.39 Å². The third-order valence-corrected chi connectivity index (χ3v) is 2.49. The Bertz CT molecular complexity index is 347. The lowest BCUT2D eigenvalue weighted by Gasteiger charge is -2.11. The van der Waals surface area contributed by atoms with Gasteiger partial charge in [-0.05, 0) is 37.5 Å². The second kappa shape index (κ2) is 3.24. The van der Waals surface area contributed by atoms with Crippen LogP contribution >= 0.6 is 0 Å². The summed E-state index contributed by atoms with van der Waals surface area (Å²) in [6.07, 6.45) is 1.95. The Hall–Kier alpha value is -1.09. The van der Waals surface area contributed by atoms with Crippen molar-refractivity contribution in [3.05, 3.63) is 29.6 Å². The third kappa shape index (κ3) is 2.04. The average Bonchev–Trinajstić information content (AvgIpc) is 2.87. The lowest BCUT2D eigenvalue weighted by molar-refractivity contribution is 0.267. The summed E-state index contributed by atoms with van der Waals surface area (Å²) in [4.78, 5) is 0. The first-order valence-corrected chi connectivity index (χ1v) is 4.77. The molecule has 0 aliphatic heterocycles. The molecule has 2 rings (SSSR count). The molecule has 0 saturated heterocycles. The van der Waals surface area contributed by atoms with Crippen LogP contribution in [0.5, 0.6) is 5.75 Å². The summed E-state index contributed by atoms with van der Waals surface area (Å²) < 4.78 is 18.5. The average molecular weight is 195 g/mol. The van der Waals surface area contributed by atoms with Crippen molar-refractivity contribution in [1.82, 2.24) is 0 Å². The van der Waals surface area contributed by atoms with Crippen LogP contribution in [0.15, 0.2) is 18.2 Å². The van der Waals surface area contributed by atoms with Crippen LogP contribution in [0.3, 0.4) is 0 Å². The zero-order valence-corrected chi connectivity index (χ0v) is 8.22. The van der Waals surface area contributed by atoms with Crippen molar-refractivity contribution < 1.29 is 9.13 Å². The number of ether oxygens (including phenoxy) is 1. The Kier molecular flexibility index (Phi) is 2.19. The molecular weight excluding hydrogens is 181 g/mol. The van der Waals surface area contributed by atoms with E-state index in [0.717, 1.165) is 18.4 Å². The summed E-state index contributed by atoms with van der Waals surface area (Å²) >= 11 is 0. The SMILES string of the molecule is Cc1ccc(F)c(OCC2(N)CC2)c1. The van der Waals surface area contributed by atoms with Crippen LogP contribution < -0.4 is 10.5 Å². The van der Waals surface area contributed by atoms with Gasteiger partial charge in [-0.15, -0.1) is 0 Å². The van der Waals surface area contributed by atoms with Crippen LogP contribution in [0, 0.1) is 12.7 Å². The molecule has 0 spiro atoms. The van der Waals surface area contributed by atoms with E-state index in [1.165, 1.54) is 6.07 Å². The van der Waals surface area contributed by atoms with E-state index in [0.29, 0.717) is 12.4 Å². The van der Waals surface area contributed by atoms with Gasteiger partial charge in [0.2, 0.25) is 0 Å². The Morgan fingerprint density at radius 3 is 2.86 bits per heavy atom. The lowest BCUT2D eigenvalue weighted by Crippen LogP contribution is -2.29. The number of nitrogens with two attached hydrogens (primary N) is 1. The summed E-state index contributed by atoms with van der Waals surface area (Å²) in [5.41, 5.74) is 6.63. The predicted octanol–water partition coefficient (Wildman–Crippen LogP) is 2.00. The molecule has 0 unspecified atom stereocenters. The number of halogens is 1. The molecule has 1 aromatic rings. The second-order valence-corrected chi connectivity index (χ2v) is 4.08. The van der Waals surface area contributed by atoms with E-state index < -0.39 is 0 Å². The summed E-state index contributed by atoms with van der Waals surface area (Å²) in [5.74, 6) is -0.0124. The summed E-state index contributed by atoms with van der Waals surface area (Å²) in [5, 5.41) is 0. The fourth-order valence-electron chi connectivity index (χ4n) is 1.25. The molecule has 14 heavy (non-hydrogen) atoms. The van der Waals surface area contributed by atoms with Gasteiger partial charge in [0.1, 0.15) is 6.61 Å². The quantitative estimate of drug-likeness (QED) is 0.800. The molecule has 76 valence electrons. The van der Waals surface area contributed by atoms with Gasteiger partial charge in [0.05, 0.1) is 5.54 Å². The molecule has 0 amide bonds. The molecule has 0 atom stereocenters. The zero-order chi connectivity index (χ0) is 10.2. The Morgan fingerprint density at radius 2 is 2.21 bits per heavy atom. The second-order valence-electron chi connectivity index (χ2n) is 4.08. The van der Waals surface area contributed by atoms with Gasteiger partial charge in [-0.2, -0.15) is 0 Å². The van der Waals surface area contributed by atoms with Crippen molar-refractivity contribution in [2.45, 2.75) is 25.3 Å². The molecule has 1 saturated carbocycles. The first-order valence-electron chi connectivity index (χ1n) is 4.77. The van der Waals surface area contributed by atoms with E-state index in [9.17, 15) is 4.39 Å². The molecule has 3 heteroatoms. The van der Waals surface area contributed by atoms with Crippen LogP contribution in [-0.4, -0.2) is 12.1 Å². The van der Waals surface area contributed by atoms with E-state index in [4.69, 9.17) is 10.5 Å². The van der Waals surface area contributed by atoms with Crippen molar-refractivity contribution in [3.63, 3.8) is 0 Å². The fraction of sp³-hybridized carbons (Fsp3) is 0.455. The number of rotatable bonds is 3. The van der Waals surface area contributed by atoms with Crippen LogP contribution in [-0.2, 0) is 0 Å². The molecule has 1 aliphatic carbocycles. The minimum Gasteiger partial charge on any atom is -0.489 e. The molecule has 0 aromatic heterocycles. The third-order valence-electron chi connectivity index (χ3n) is 2.49. The molecule has 0 bridgehead atoms. The van der Waals surface area contributed by atoms with E-state index in [1.54, 1.807) is 12.1 Å². The van der Waals surface area contributed by atoms with Crippen molar-refractivity contribution in [1.29, 1.82) is 0 Å². The highest BCUT2D eigenvalue weighted by Gasteiger charge is 2.39. The Balaban J connectivity index is 2.04. The van der Waals surface area contributed by atoms with Crippen LogP contribution in [0.4, 0.5) is 4.39 Å². The molecule has 0 radical (unpaired) electrons. The molecule has 2 nitrogen and oxygen atoms in total. The van der Waals surface area contributed by atoms with Gasteiger partial charge in [0.15, 0.2) is 11.6 Å². The van der Waals surface area contributed by atoms with E-state index in [2.05, 4.69) is 0 Å². The van der Waals surface area contributed by atoms with E-state index in [-0.39, 0.29) is 11.4 Å². The minimum atomic E-state index is -0.320. The Labute approximate surface area is 82.9 Å². The number of hydrogen-bond acceptors (Lipinski definition) is 2. The van der Waals surface area contributed by atoms with Gasteiger partial charge in [0.25, 0.3) is 0 Å². The summed E-state index contributed by atoms with van der Waals surface area (Å²) in [6, 6.07) is 4.83. The minimum absolute atomic E-state index is 0.198. The molecule has 0 heterocycles. The maximum absolute atomic E-state index is 13.2. The Morgan fingerprint density at radius 1 is 1.50 bits per heavy atom. The van der Waals surface area contributed by atoms with Gasteiger partial charge < -0.3 is 10.5 Å². The predicted molar refractivity (Wildman–Crippen MR) is 52.8 cm³/mol. The molecule has 1 aromatic carbocycles. The lowest BCUT2D eigenvalue weighted by atomic mass is 10.2. The number of aryl methyl sites for hydroxylation is 1. The highest BCUT2D eigenvalue weighted by atomic mass is 19.1. The standard InChI is InChI=1S/C11H14FNO/c1-8-2-3-9(12)10(6-8)14-7-11(13)4-5-11/h2-3,6H,4-5,7,13H2,1H3. The molecule has 2 N–H and O–H groups in total. The van der Waals surface area contributed by atoms with Crippen molar-refractivity contribution in [2.75, 3.05) is 6.61 Å². The molecular formula is C11H14FNO. The van der Waals surface area contributed by atoms with Crippen molar-refractivity contribution in [3.8, 4) is 5.75 Å². The van der Waals surface area contributed by atoms with E-state index in [1.807, 2.05) is 6.92 Å². The van der Waals surface area contributed by atoms with Gasteiger partial charge >= 0.3 is 0 Å². The number of benzene rings is 1. The van der Waals surface area contributed by atoms with Crippen LogP contribution in [0.1, 0.15) is 18.4 Å². The molecule has 1 fully saturated rings. The molecule has 1 aliphatic rings. The normalized spacial score (nSPS) is 17.9. The van der Waals surface area contributed by atoms with Crippen molar-refractivity contribution in [2.24, 2.45) is 5.73 Å². The zero-order valence-electron chi connectivity index (χ0n) is 8.22. The highest BCUT2D eigenvalue weighted by molar-refractivity contribution is 5.29.